The van der Waals surface area contributed by atoms with Crippen molar-refractivity contribution in [1.29, 1.82) is 0 Å². The molecule has 0 unspecified atom stereocenters. The van der Waals surface area contributed by atoms with Crippen LogP contribution < -0.4 is 5.32 Å². The molecule has 1 heterocycles. The molecular weight excluding hydrogens is 352 g/mol. The number of carbonyl (C=O) groups is 2. The second-order valence-corrected chi connectivity index (χ2v) is 9.51. The van der Waals surface area contributed by atoms with Gasteiger partial charge in [0, 0.05) is 12.5 Å². The summed E-state index contributed by atoms with van der Waals surface area (Å²) >= 11 is 0. The Morgan fingerprint density at radius 1 is 1.18 bits per heavy atom. The summed E-state index contributed by atoms with van der Waals surface area (Å²) in [6, 6.07) is -0.394. The van der Waals surface area contributed by atoms with Crippen molar-refractivity contribution in [2.24, 2.45) is 17.3 Å². The molecule has 1 saturated carbocycles. The number of hydrogen-bond acceptors (Lipinski definition) is 3. The van der Waals surface area contributed by atoms with E-state index in [0.717, 1.165) is 25.7 Å². The number of carbonyl (C=O) groups excluding carboxylic acids is 2. The standard InChI is InChI=1S/C23H38N2O3/c1-6-15-28-16-19(18-11-8-7-9-12-18)24-21(26)20-13-10-14-25(20)22(27)17(2)23(3,4)5/h1,17-20H,7-16H2,2-5H3,(H,24,26)/t17-,19-,20+/m1/s1. The minimum Gasteiger partial charge on any atom is -0.367 e. The van der Waals surface area contributed by atoms with Crippen molar-refractivity contribution in [1.82, 2.24) is 10.2 Å². The van der Waals surface area contributed by atoms with E-state index in [0.29, 0.717) is 19.1 Å². The zero-order valence-corrected chi connectivity index (χ0v) is 18.1. The summed E-state index contributed by atoms with van der Waals surface area (Å²) < 4.78 is 5.59. The summed E-state index contributed by atoms with van der Waals surface area (Å²) in [5.41, 5.74) is -0.117. The van der Waals surface area contributed by atoms with Crippen LogP contribution in [0.15, 0.2) is 0 Å². The van der Waals surface area contributed by atoms with Crippen LogP contribution in [0.3, 0.4) is 0 Å². The van der Waals surface area contributed by atoms with E-state index in [9.17, 15) is 9.59 Å². The van der Waals surface area contributed by atoms with Crippen LogP contribution in [0, 0.1) is 29.6 Å². The largest absolute Gasteiger partial charge is 0.367 e. The summed E-state index contributed by atoms with van der Waals surface area (Å²) in [6.45, 7) is 9.55. The van der Waals surface area contributed by atoms with Crippen molar-refractivity contribution in [2.75, 3.05) is 19.8 Å². The van der Waals surface area contributed by atoms with E-state index in [-0.39, 0.29) is 41.8 Å². The number of nitrogens with one attached hydrogen (secondary N) is 1. The van der Waals surface area contributed by atoms with Crippen LogP contribution in [-0.4, -0.2) is 48.6 Å². The van der Waals surface area contributed by atoms with Gasteiger partial charge in [0.05, 0.1) is 12.6 Å². The van der Waals surface area contributed by atoms with Gasteiger partial charge in [-0.3, -0.25) is 9.59 Å². The molecule has 1 N–H and O–H groups in total. The lowest BCUT2D eigenvalue weighted by Crippen LogP contribution is -2.53. The average Bonchev–Trinajstić information content (AvgIpc) is 3.16. The second-order valence-electron chi connectivity index (χ2n) is 9.51. The molecule has 2 amide bonds. The molecule has 0 radical (unpaired) electrons. The van der Waals surface area contributed by atoms with Gasteiger partial charge in [-0.15, -0.1) is 6.42 Å². The zero-order valence-electron chi connectivity index (χ0n) is 18.1. The van der Waals surface area contributed by atoms with Gasteiger partial charge in [-0.25, -0.2) is 0 Å². The van der Waals surface area contributed by atoms with Crippen LogP contribution >= 0.6 is 0 Å². The highest BCUT2D eigenvalue weighted by atomic mass is 16.5. The van der Waals surface area contributed by atoms with Crippen molar-refractivity contribution >= 4 is 11.8 Å². The highest BCUT2D eigenvalue weighted by Crippen LogP contribution is 2.31. The molecule has 3 atom stereocenters. The molecule has 5 heteroatoms. The van der Waals surface area contributed by atoms with E-state index < -0.39 is 0 Å². The van der Waals surface area contributed by atoms with E-state index in [1.165, 1.54) is 19.3 Å². The molecule has 0 aromatic heterocycles. The van der Waals surface area contributed by atoms with Gasteiger partial charge < -0.3 is 15.0 Å². The fourth-order valence-electron chi connectivity index (χ4n) is 4.28. The van der Waals surface area contributed by atoms with Gasteiger partial charge in [-0.1, -0.05) is 52.9 Å². The fourth-order valence-corrected chi connectivity index (χ4v) is 4.28. The first-order valence-corrected chi connectivity index (χ1v) is 10.9. The van der Waals surface area contributed by atoms with Crippen LogP contribution in [0.5, 0.6) is 0 Å². The van der Waals surface area contributed by atoms with Crippen LogP contribution in [0.4, 0.5) is 0 Å². The van der Waals surface area contributed by atoms with E-state index >= 15 is 0 Å². The molecule has 0 aromatic rings. The number of rotatable bonds is 7. The molecule has 5 nitrogen and oxygen atoms in total. The van der Waals surface area contributed by atoms with Gasteiger partial charge in [-0.2, -0.15) is 0 Å². The lowest BCUT2D eigenvalue weighted by Gasteiger charge is -2.35. The molecule has 1 aliphatic heterocycles. The molecule has 28 heavy (non-hydrogen) atoms. The molecule has 2 fully saturated rings. The molecule has 158 valence electrons. The summed E-state index contributed by atoms with van der Waals surface area (Å²) in [7, 11) is 0. The Morgan fingerprint density at radius 2 is 1.86 bits per heavy atom. The number of hydrogen-bond donors (Lipinski definition) is 1. The first kappa shape index (κ1) is 22.7. The zero-order chi connectivity index (χ0) is 20.7. The number of amides is 2. The Labute approximate surface area is 171 Å². The van der Waals surface area contributed by atoms with Crippen molar-refractivity contribution in [2.45, 2.75) is 84.7 Å². The number of likely N-dealkylation sites (tertiary alicyclic amines) is 1. The molecule has 0 spiro atoms. The predicted molar refractivity (Wildman–Crippen MR) is 112 cm³/mol. The minimum absolute atomic E-state index is 0.0289. The third-order valence-electron chi connectivity index (χ3n) is 6.54. The normalized spacial score (nSPS) is 23.1. The fraction of sp³-hybridized carbons (Fsp3) is 0.826. The molecule has 2 rings (SSSR count). The summed E-state index contributed by atoms with van der Waals surface area (Å²) in [4.78, 5) is 27.9. The van der Waals surface area contributed by atoms with Crippen molar-refractivity contribution in [3.8, 4) is 12.3 Å². The molecule has 0 bridgehead atoms. The Morgan fingerprint density at radius 3 is 2.46 bits per heavy atom. The molecular formula is C23H38N2O3. The lowest BCUT2D eigenvalue weighted by molar-refractivity contribution is -0.144. The van der Waals surface area contributed by atoms with Gasteiger partial charge in [0.25, 0.3) is 0 Å². The second kappa shape index (κ2) is 10.3. The quantitative estimate of drug-likeness (QED) is 0.536. The monoisotopic (exact) mass is 390 g/mol. The van der Waals surface area contributed by atoms with Gasteiger partial charge in [-0.05, 0) is 37.0 Å². The SMILES string of the molecule is C#CCOC[C@@H](NC(=O)[C@@H]1CCCN1C(=O)[C@@H](C)C(C)(C)C)C1CCCCC1. The third kappa shape index (κ3) is 5.98. The highest BCUT2D eigenvalue weighted by Gasteiger charge is 2.40. The Kier molecular flexibility index (Phi) is 8.37. The predicted octanol–water partition coefficient (Wildman–Crippen LogP) is 3.37. The smallest absolute Gasteiger partial charge is 0.243 e. The number of nitrogens with zero attached hydrogens (tertiary/aromatic N) is 1. The molecule has 0 aromatic carbocycles. The van der Waals surface area contributed by atoms with Crippen LogP contribution in [0.2, 0.25) is 0 Å². The van der Waals surface area contributed by atoms with E-state index in [1.807, 2.05) is 6.92 Å². The minimum atomic E-state index is -0.365. The summed E-state index contributed by atoms with van der Waals surface area (Å²) in [5.74, 6) is 2.85. The summed E-state index contributed by atoms with van der Waals surface area (Å²) in [6.07, 6.45) is 12.8. The molecule has 2 aliphatic rings. The Balaban J connectivity index is 2.03. The first-order chi connectivity index (χ1) is 13.3. The number of terminal acetylenes is 1. The van der Waals surface area contributed by atoms with E-state index in [1.54, 1.807) is 4.90 Å². The Bertz CT molecular complexity index is 569. The molecule has 1 saturated heterocycles. The van der Waals surface area contributed by atoms with Crippen molar-refractivity contribution < 1.29 is 14.3 Å². The van der Waals surface area contributed by atoms with Crippen LogP contribution in [0.25, 0.3) is 0 Å². The van der Waals surface area contributed by atoms with E-state index in [2.05, 4.69) is 32.0 Å². The first-order valence-electron chi connectivity index (χ1n) is 10.9. The van der Waals surface area contributed by atoms with Gasteiger partial charge in [0.15, 0.2) is 0 Å². The Hall–Kier alpha value is -1.54. The van der Waals surface area contributed by atoms with Crippen molar-refractivity contribution in [3.05, 3.63) is 0 Å². The topological polar surface area (TPSA) is 58.6 Å². The van der Waals surface area contributed by atoms with Gasteiger partial charge >= 0.3 is 0 Å². The third-order valence-corrected chi connectivity index (χ3v) is 6.54. The highest BCUT2D eigenvalue weighted by molar-refractivity contribution is 5.89. The van der Waals surface area contributed by atoms with Gasteiger partial charge in [0.1, 0.15) is 12.6 Å². The molecule has 1 aliphatic carbocycles. The number of ether oxygens (including phenoxy) is 1. The van der Waals surface area contributed by atoms with E-state index in [4.69, 9.17) is 11.2 Å². The lowest BCUT2D eigenvalue weighted by atomic mass is 9.81. The van der Waals surface area contributed by atoms with Crippen molar-refractivity contribution in [3.63, 3.8) is 0 Å². The van der Waals surface area contributed by atoms with Gasteiger partial charge in [0.2, 0.25) is 11.8 Å². The van der Waals surface area contributed by atoms with Crippen LogP contribution in [0.1, 0.15) is 72.6 Å². The van der Waals surface area contributed by atoms with Crippen LogP contribution in [-0.2, 0) is 14.3 Å². The maximum absolute atomic E-state index is 13.1. The summed E-state index contributed by atoms with van der Waals surface area (Å²) in [5, 5.41) is 3.22. The maximum Gasteiger partial charge on any atom is 0.243 e. The maximum atomic E-state index is 13.1. The average molecular weight is 391 g/mol.